The van der Waals surface area contributed by atoms with Crippen LogP contribution in [0.3, 0.4) is 0 Å². The van der Waals surface area contributed by atoms with E-state index in [1.807, 2.05) is 0 Å². The maximum atomic E-state index is 12.8. The van der Waals surface area contributed by atoms with Crippen molar-refractivity contribution in [1.82, 2.24) is 4.90 Å². The largest absolute Gasteiger partial charge is 0.394 e. The van der Waals surface area contributed by atoms with Crippen LogP contribution in [0.4, 0.5) is 0 Å². The average molecular weight is 616 g/mol. The number of carbonyl (C=O) groups excluding carboxylic acids is 2. The van der Waals surface area contributed by atoms with Crippen LogP contribution in [0.25, 0.3) is 0 Å². The highest BCUT2D eigenvalue weighted by molar-refractivity contribution is 5.95. The predicted molar refractivity (Wildman–Crippen MR) is 189 cm³/mol. The van der Waals surface area contributed by atoms with Crippen molar-refractivity contribution in [3.05, 3.63) is 48.6 Å². The Morgan fingerprint density at radius 1 is 0.523 bits per heavy atom. The minimum atomic E-state index is -1.09. The molecule has 0 fully saturated rings. The summed E-state index contributed by atoms with van der Waals surface area (Å²) >= 11 is 0. The number of allylic oxidation sites excluding steroid dienone is 8. The van der Waals surface area contributed by atoms with Gasteiger partial charge in [0.2, 0.25) is 11.8 Å². The lowest BCUT2D eigenvalue weighted by atomic mass is 10.1. The minimum absolute atomic E-state index is 0.116. The summed E-state index contributed by atoms with van der Waals surface area (Å²) < 4.78 is 0. The third-order valence-electron chi connectivity index (χ3n) is 7.89. The van der Waals surface area contributed by atoms with E-state index in [0.717, 1.165) is 89.9 Å². The number of amides is 2. The van der Waals surface area contributed by atoms with E-state index in [0.29, 0.717) is 12.8 Å². The lowest BCUT2D eigenvalue weighted by Crippen LogP contribution is -2.42. The number of nitrogens with zero attached hydrogens (tertiary/aromatic N) is 1. The van der Waals surface area contributed by atoms with Gasteiger partial charge in [-0.2, -0.15) is 0 Å². The van der Waals surface area contributed by atoms with E-state index in [-0.39, 0.29) is 18.4 Å². The first kappa shape index (κ1) is 42.0. The molecule has 5 heteroatoms. The van der Waals surface area contributed by atoms with E-state index in [9.17, 15) is 19.8 Å². The van der Waals surface area contributed by atoms with Crippen LogP contribution >= 0.6 is 0 Å². The fourth-order valence-corrected chi connectivity index (χ4v) is 5.06. The summed E-state index contributed by atoms with van der Waals surface area (Å²) in [6, 6.07) is 0. The van der Waals surface area contributed by atoms with Gasteiger partial charge in [-0.05, 0) is 77.0 Å². The maximum Gasteiger partial charge on any atom is 0.229 e. The lowest BCUT2D eigenvalue weighted by Gasteiger charge is -2.23. The van der Waals surface area contributed by atoms with Crippen molar-refractivity contribution < 1.29 is 19.8 Å². The van der Waals surface area contributed by atoms with E-state index in [1.54, 1.807) is 0 Å². The van der Waals surface area contributed by atoms with Gasteiger partial charge in [-0.1, -0.05) is 127 Å². The first-order valence-corrected chi connectivity index (χ1v) is 18.3. The van der Waals surface area contributed by atoms with Crippen LogP contribution in [0.1, 0.15) is 168 Å². The Hall–Kier alpha value is -1.98. The molecule has 0 heterocycles. The second kappa shape index (κ2) is 33.9. The van der Waals surface area contributed by atoms with Crippen LogP contribution in [0, 0.1) is 0 Å². The predicted octanol–water partition coefficient (Wildman–Crippen LogP) is 10.3. The molecular weight excluding hydrogens is 546 g/mol. The van der Waals surface area contributed by atoms with Crippen LogP contribution in [-0.4, -0.2) is 46.2 Å². The summed E-state index contributed by atoms with van der Waals surface area (Å²) in [4.78, 5) is 26.8. The molecule has 0 radical (unpaired) electrons. The fraction of sp³-hybridized carbons (Fsp3) is 0.744. The summed E-state index contributed by atoms with van der Waals surface area (Å²) in [5, 5.41) is 19.2. The lowest BCUT2D eigenvalue weighted by molar-refractivity contribution is -0.147. The van der Waals surface area contributed by atoms with Gasteiger partial charge in [0.1, 0.15) is 0 Å². The number of aliphatic hydroxyl groups is 2. The van der Waals surface area contributed by atoms with Crippen molar-refractivity contribution in [2.24, 2.45) is 0 Å². The summed E-state index contributed by atoms with van der Waals surface area (Å²) in [5.74, 6) is -0.452. The van der Waals surface area contributed by atoms with Crippen molar-refractivity contribution in [1.29, 1.82) is 0 Å². The Balaban J connectivity index is 4.02. The van der Waals surface area contributed by atoms with Crippen molar-refractivity contribution in [2.45, 2.75) is 174 Å². The van der Waals surface area contributed by atoms with Crippen LogP contribution in [0.2, 0.25) is 0 Å². The first-order valence-electron chi connectivity index (χ1n) is 18.3. The highest BCUT2D eigenvalue weighted by atomic mass is 16.3. The Kier molecular flexibility index (Phi) is 32.4. The highest BCUT2D eigenvalue weighted by Crippen LogP contribution is 2.13. The standard InChI is InChI=1S/C39H69NO4/c1-3-5-7-9-11-13-15-17-19-21-23-25-27-29-31-33-38(43)40(35-37(42)36-41)39(44)34-32-30-28-26-24-22-20-18-16-14-12-10-8-6-4-2/h11-14,17-20,37,41-42H,3-10,15-16,21-36H2,1-2H3/b13-11-,14-12-,19-17-,20-18-. The summed E-state index contributed by atoms with van der Waals surface area (Å²) in [6.45, 7) is 3.89. The highest BCUT2D eigenvalue weighted by Gasteiger charge is 2.23. The SMILES string of the molecule is CCCCC/C=C\C/C=C\CCCCCCCC(=O)N(CC(O)CO)C(=O)CCCCCCC/C=C\C/C=C\CCCCC. The molecule has 0 saturated heterocycles. The number of aliphatic hydroxyl groups excluding tert-OH is 2. The van der Waals surface area contributed by atoms with Gasteiger partial charge < -0.3 is 10.2 Å². The van der Waals surface area contributed by atoms with E-state index in [2.05, 4.69) is 62.5 Å². The molecule has 254 valence electrons. The zero-order chi connectivity index (χ0) is 32.4. The second-order valence-corrected chi connectivity index (χ2v) is 12.2. The molecule has 0 aromatic rings. The number of hydrogen-bond donors (Lipinski definition) is 2. The smallest absolute Gasteiger partial charge is 0.229 e. The molecule has 2 amide bonds. The third-order valence-corrected chi connectivity index (χ3v) is 7.89. The number of unbranched alkanes of at least 4 members (excludes halogenated alkanes) is 16. The van der Waals surface area contributed by atoms with Crippen LogP contribution in [0.5, 0.6) is 0 Å². The Bertz CT molecular complexity index is 712. The Morgan fingerprint density at radius 3 is 1.23 bits per heavy atom. The van der Waals surface area contributed by atoms with Gasteiger partial charge in [0.25, 0.3) is 0 Å². The molecule has 0 aliphatic carbocycles. The van der Waals surface area contributed by atoms with Crippen molar-refractivity contribution >= 4 is 11.8 Å². The van der Waals surface area contributed by atoms with Gasteiger partial charge in [0, 0.05) is 12.8 Å². The normalized spacial score (nSPS) is 12.8. The number of hydrogen-bond acceptors (Lipinski definition) is 4. The van der Waals surface area contributed by atoms with Gasteiger partial charge in [-0.15, -0.1) is 0 Å². The molecule has 2 N–H and O–H groups in total. The molecule has 0 saturated carbocycles. The molecule has 0 aliphatic rings. The van der Waals surface area contributed by atoms with E-state index in [1.165, 1.54) is 56.3 Å². The minimum Gasteiger partial charge on any atom is -0.394 e. The van der Waals surface area contributed by atoms with Crippen LogP contribution in [0.15, 0.2) is 48.6 Å². The van der Waals surface area contributed by atoms with Gasteiger partial charge in [-0.3, -0.25) is 14.5 Å². The summed E-state index contributed by atoms with van der Waals surface area (Å²) in [6.07, 6.45) is 42.2. The molecule has 1 unspecified atom stereocenters. The third kappa shape index (κ3) is 28.8. The molecule has 44 heavy (non-hydrogen) atoms. The second-order valence-electron chi connectivity index (χ2n) is 12.2. The van der Waals surface area contributed by atoms with Crippen LogP contribution in [-0.2, 0) is 9.59 Å². The van der Waals surface area contributed by atoms with Crippen molar-refractivity contribution in [2.75, 3.05) is 13.2 Å². The molecule has 0 aromatic carbocycles. The molecular formula is C39H69NO4. The van der Waals surface area contributed by atoms with Crippen molar-refractivity contribution in [3.8, 4) is 0 Å². The zero-order valence-electron chi connectivity index (χ0n) is 28.7. The Morgan fingerprint density at radius 2 is 0.864 bits per heavy atom. The van der Waals surface area contributed by atoms with Gasteiger partial charge in [0.15, 0.2) is 0 Å². The van der Waals surface area contributed by atoms with E-state index < -0.39 is 12.7 Å². The number of carbonyl (C=O) groups is 2. The molecule has 5 nitrogen and oxygen atoms in total. The number of imide groups is 1. The van der Waals surface area contributed by atoms with Gasteiger partial charge in [-0.25, -0.2) is 0 Å². The molecule has 1 atom stereocenters. The monoisotopic (exact) mass is 616 g/mol. The fourth-order valence-electron chi connectivity index (χ4n) is 5.06. The maximum absolute atomic E-state index is 12.8. The van der Waals surface area contributed by atoms with E-state index >= 15 is 0 Å². The van der Waals surface area contributed by atoms with Crippen molar-refractivity contribution in [3.63, 3.8) is 0 Å². The molecule has 0 aromatic heterocycles. The van der Waals surface area contributed by atoms with Crippen LogP contribution < -0.4 is 0 Å². The summed E-state index contributed by atoms with van der Waals surface area (Å²) in [5.41, 5.74) is 0. The zero-order valence-corrected chi connectivity index (χ0v) is 28.7. The van der Waals surface area contributed by atoms with E-state index in [4.69, 9.17) is 0 Å². The molecule has 0 bridgehead atoms. The number of rotatable bonds is 31. The Labute approximate surface area is 272 Å². The molecule has 0 spiro atoms. The molecule has 0 aliphatic heterocycles. The average Bonchev–Trinajstić information content (AvgIpc) is 3.03. The first-order chi connectivity index (χ1) is 21.6. The quantitative estimate of drug-likeness (QED) is 0.0601. The molecule has 0 rings (SSSR count). The van der Waals surface area contributed by atoms with Gasteiger partial charge >= 0.3 is 0 Å². The topological polar surface area (TPSA) is 77.8 Å². The van der Waals surface area contributed by atoms with Gasteiger partial charge in [0.05, 0.1) is 19.3 Å². The summed E-state index contributed by atoms with van der Waals surface area (Å²) in [7, 11) is 0.